The van der Waals surface area contributed by atoms with E-state index in [1.807, 2.05) is 31.5 Å². The van der Waals surface area contributed by atoms with Gasteiger partial charge in [-0.1, -0.05) is 0 Å². The van der Waals surface area contributed by atoms with Crippen LogP contribution in [-0.4, -0.2) is 25.0 Å². The van der Waals surface area contributed by atoms with Gasteiger partial charge in [0.15, 0.2) is 5.82 Å². The largest absolute Gasteiger partial charge is 0.313 e. The first-order valence-corrected chi connectivity index (χ1v) is 4.07. The molecule has 0 aliphatic heterocycles. The monoisotopic (exact) mass is 177 g/mol. The molecule has 0 atom stereocenters. The second kappa shape index (κ2) is 2.69. The quantitative estimate of drug-likeness (QED) is 0.701. The molecule has 5 nitrogen and oxygen atoms in total. The predicted molar refractivity (Wildman–Crippen MR) is 48.1 cm³/mol. The lowest BCUT2D eigenvalue weighted by Crippen LogP contribution is -1.94. The molecule has 0 spiro atoms. The molecule has 0 aliphatic carbocycles. The molecule has 0 radical (unpaired) electrons. The average molecular weight is 177 g/mol. The van der Waals surface area contributed by atoms with Gasteiger partial charge in [0.1, 0.15) is 11.5 Å². The van der Waals surface area contributed by atoms with E-state index in [2.05, 4.69) is 20.4 Å². The van der Waals surface area contributed by atoms with E-state index in [0.29, 0.717) is 0 Å². The number of nitrogens with zero attached hydrogens (tertiary/aromatic N) is 4. The first-order valence-electron chi connectivity index (χ1n) is 4.07. The van der Waals surface area contributed by atoms with Crippen molar-refractivity contribution in [1.29, 1.82) is 0 Å². The fourth-order valence-electron chi connectivity index (χ4n) is 1.16. The fraction of sp³-hybridized carbons (Fsp3) is 0.375. The van der Waals surface area contributed by atoms with E-state index in [1.165, 1.54) is 0 Å². The molecule has 68 valence electrons. The van der Waals surface area contributed by atoms with Gasteiger partial charge in [-0.05, 0) is 19.9 Å². The van der Waals surface area contributed by atoms with Crippen molar-refractivity contribution in [3.8, 4) is 11.5 Å². The molecule has 2 rings (SSSR count). The Labute approximate surface area is 75.8 Å². The van der Waals surface area contributed by atoms with Crippen LogP contribution in [0.25, 0.3) is 11.5 Å². The number of hydrogen-bond acceptors (Lipinski definition) is 3. The Hall–Kier alpha value is -1.65. The minimum atomic E-state index is 0.793. The summed E-state index contributed by atoms with van der Waals surface area (Å²) in [7, 11) is 1.93. The Morgan fingerprint density at radius 3 is 2.54 bits per heavy atom. The third-order valence-corrected chi connectivity index (χ3v) is 2.03. The third-order valence-electron chi connectivity index (χ3n) is 2.03. The maximum Gasteiger partial charge on any atom is 0.184 e. The number of hydrogen-bond donors (Lipinski definition) is 1. The van der Waals surface area contributed by atoms with Crippen LogP contribution in [0.5, 0.6) is 0 Å². The van der Waals surface area contributed by atoms with Crippen LogP contribution in [0.15, 0.2) is 6.07 Å². The predicted octanol–water partition coefficient (Wildman–Crippen LogP) is 0.822. The van der Waals surface area contributed by atoms with Gasteiger partial charge in [-0.2, -0.15) is 5.10 Å². The molecule has 0 saturated heterocycles. The van der Waals surface area contributed by atoms with Crippen molar-refractivity contribution in [2.24, 2.45) is 7.05 Å². The lowest BCUT2D eigenvalue weighted by molar-refractivity contribution is 0.860. The van der Waals surface area contributed by atoms with Gasteiger partial charge in [0.2, 0.25) is 0 Å². The van der Waals surface area contributed by atoms with Crippen LogP contribution >= 0.6 is 0 Å². The van der Waals surface area contributed by atoms with E-state index >= 15 is 0 Å². The van der Waals surface area contributed by atoms with Crippen LogP contribution in [0, 0.1) is 13.8 Å². The van der Waals surface area contributed by atoms with Gasteiger partial charge in [-0.15, -0.1) is 10.2 Å². The van der Waals surface area contributed by atoms with E-state index < -0.39 is 0 Å². The highest BCUT2D eigenvalue weighted by molar-refractivity contribution is 5.49. The maximum absolute atomic E-state index is 4.11. The standard InChI is InChI=1S/C8H11N5/c1-5-4-7(11-9-5)8-12-10-6(2)13(8)3/h4H,1-3H3,(H,9,11). The SMILES string of the molecule is Cc1cc(-c2nnc(C)n2C)n[nH]1. The Balaban J connectivity index is 2.52. The number of nitrogens with one attached hydrogen (secondary N) is 1. The summed E-state index contributed by atoms with van der Waals surface area (Å²) >= 11 is 0. The zero-order chi connectivity index (χ0) is 9.42. The third kappa shape index (κ3) is 1.22. The summed E-state index contributed by atoms with van der Waals surface area (Å²) in [6, 6.07) is 1.95. The minimum absolute atomic E-state index is 0.793. The summed E-state index contributed by atoms with van der Waals surface area (Å²) in [6.07, 6.45) is 0. The molecule has 0 aromatic carbocycles. The van der Waals surface area contributed by atoms with Crippen LogP contribution in [0.3, 0.4) is 0 Å². The highest BCUT2D eigenvalue weighted by Gasteiger charge is 2.09. The fourth-order valence-corrected chi connectivity index (χ4v) is 1.16. The van der Waals surface area contributed by atoms with Gasteiger partial charge >= 0.3 is 0 Å². The van der Waals surface area contributed by atoms with Gasteiger partial charge in [0.25, 0.3) is 0 Å². The Morgan fingerprint density at radius 2 is 2.08 bits per heavy atom. The van der Waals surface area contributed by atoms with Crippen molar-refractivity contribution in [3.63, 3.8) is 0 Å². The Kier molecular flexibility index (Phi) is 1.65. The molecule has 1 N–H and O–H groups in total. The minimum Gasteiger partial charge on any atom is -0.313 e. The van der Waals surface area contributed by atoms with Gasteiger partial charge in [0.05, 0.1) is 0 Å². The molecular weight excluding hydrogens is 166 g/mol. The van der Waals surface area contributed by atoms with Crippen molar-refractivity contribution in [2.75, 3.05) is 0 Å². The van der Waals surface area contributed by atoms with Gasteiger partial charge in [0, 0.05) is 12.7 Å². The van der Waals surface area contributed by atoms with Crippen molar-refractivity contribution < 1.29 is 0 Å². The Morgan fingerprint density at radius 1 is 1.31 bits per heavy atom. The molecular formula is C8H11N5. The second-order valence-electron chi connectivity index (χ2n) is 3.07. The normalized spacial score (nSPS) is 10.7. The van der Waals surface area contributed by atoms with Crippen LogP contribution in [0.1, 0.15) is 11.5 Å². The summed E-state index contributed by atoms with van der Waals surface area (Å²) in [6.45, 7) is 3.87. The first kappa shape index (κ1) is 7.97. The van der Waals surface area contributed by atoms with Crippen LogP contribution in [-0.2, 0) is 7.05 Å². The second-order valence-corrected chi connectivity index (χ2v) is 3.07. The van der Waals surface area contributed by atoms with Crippen molar-refractivity contribution >= 4 is 0 Å². The molecule has 0 saturated carbocycles. The highest BCUT2D eigenvalue weighted by Crippen LogP contribution is 2.14. The first-order chi connectivity index (χ1) is 6.18. The van der Waals surface area contributed by atoms with E-state index in [9.17, 15) is 0 Å². The summed E-state index contributed by atoms with van der Waals surface area (Å²) in [5.41, 5.74) is 1.86. The van der Waals surface area contributed by atoms with E-state index in [-0.39, 0.29) is 0 Å². The summed E-state index contributed by atoms with van der Waals surface area (Å²) < 4.78 is 1.91. The Bertz CT molecular complexity index is 425. The summed E-state index contributed by atoms with van der Waals surface area (Å²) in [5, 5.41) is 15.0. The molecule has 2 aromatic rings. The lowest BCUT2D eigenvalue weighted by Gasteiger charge is -1.95. The number of aryl methyl sites for hydroxylation is 2. The molecule has 2 aromatic heterocycles. The van der Waals surface area contributed by atoms with E-state index in [4.69, 9.17) is 0 Å². The molecule has 13 heavy (non-hydrogen) atoms. The summed E-state index contributed by atoms with van der Waals surface area (Å²) in [4.78, 5) is 0. The van der Waals surface area contributed by atoms with Gasteiger partial charge in [-0.3, -0.25) is 5.10 Å². The van der Waals surface area contributed by atoms with Crippen molar-refractivity contribution in [3.05, 3.63) is 17.6 Å². The topological polar surface area (TPSA) is 59.4 Å². The highest BCUT2D eigenvalue weighted by atomic mass is 15.3. The van der Waals surface area contributed by atoms with Crippen molar-refractivity contribution in [1.82, 2.24) is 25.0 Å². The molecule has 0 fully saturated rings. The van der Waals surface area contributed by atoms with E-state index in [1.54, 1.807) is 0 Å². The molecule has 0 unspecified atom stereocenters. The lowest BCUT2D eigenvalue weighted by atomic mass is 10.3. The van der Waals surface area contributed by atoms with E-state index in [0.717, 1.165) is 23.0 Å². The summed E-state index contributed by atoms with van der Waals surface area (Å²) in [5.74, 6) is 1.68. The van der Waals surface area contributed by atoms with Crippen molar-refractivity contribution in [2.45, 2.75) is 13.8 Å². The maximum atomic E-state index is 4.11. The molecule has 5 heteroatoms. The zero-order valence-corrected chi connectivity index (χ0v) is 7.87. The molecule has 0 aliphatic rings. The molecule has 2 heterocycles. The zero-order valence-electron chi connectivity index (χ0n) is 7.87. The van der Waals surface area contributed by atoms with Gasteiger partial charge in [-0.25, -0.2) is 0 Å². The van der Waals surface area contributed by atoms with Crippen LogP contribution in [0.4, 0.5) is 0 Å². The van der Waals surface area contributed by atoms with Crippen LogP contribution in [0.2, 0.25) is 0 Å². The number of H-pyrrole nitrogens is 1. The number of aromatic amines is 1. The number of aromatic nitrogens is 5. The molecule has 0 bridgehead atoms. The smallest absolute Gasteiger partial charge is 0.184 e. The molecule has 0 amide bonds. The number of rotatable bonds is 1. The average Bonchev–Trinajstić information content (AvgIpc) is 2.62. The van der Waals surface area contributed by atoms with Crippen LogP contribution < -0.4 is 0 Å². The van der Waals surface area contributed by atoms with Gasteiger partial charge < -0.3 is 4.57 Å².